The van der Waals surface area contributed by atoms with Crippen molar-refractivity contribution in [1.82, 2.24) is 0 Å². The van der Waals surface area contributed by atoms with Gasteiger partial charge in [-0.3, -0.25) is 4.79 Å². The first-order valence-corrected chi connectivity index (χ1v) is 9.05. The molecule has 0 aromatic heterocycles. The fourth-order valence-electron chi connectivity index (χ4n) is 3.07. The lowest BCUT2D eigenvalue weighted by atomic mass is 9.98. The predicted octanol–water partition coefficient (Wildman–Crippen LogP) is 3.30. The molecule has 4 nitrogen and oxygen atoms in total. The second-order valence-corrected chi connectivity index (χ2v) is 6.49. The Morgan fingerprint density at radius 3 is 2.26 bits per heavy atom. The van der Waals surface area contributed by atoms with Crippen molar-refractivity contribution in [2.75, 3.05) is 19.0 Å². The van der Waals surface area contributed by atoms with E-state index in [0.29, 0.717) is 18.0 Å². The molecule has 0 aliphatic rings. The Kier molecular flexibility index (Phi) is 6.23. The number of benzene rings is 3. The highest BCUT2D eigenvalue weighted by Gasteiger charge is 2.19. The van der Waals surface area contributed by atoms with Crippen LogP contribution in [0.2, 0.25) is 0 Å². The van der Waals surface area contributed by atoms with Crippen LogP contribution in [0.5, 0.6) is 5.75 Å². The number of quaternary nitrogens is 1. The minimum Gasteiger partial charge on any atom is -0.495 e. The van der Waals surface area contributed by atoms with Gasteiger partial charge >= 0.3 is 0 Å². The van der Waals surface area contributed by atoms with Crippen LogP contribution in [0.15, 0.2) is 78.9 Å². The van der Waals surface area contributed by atoms with Crippen LogP contribution in [0.3, 0.4) is 0 Å². The maximum absolute atomic E-state index is 12.5. The lowest BCUT2D eigenvalue weighted by Gasteiger charge is -2.17. The van der Waals surface area contributed by atoms with E-state index in [0.717, 1.165) is 0 Å². The first kappa shape index (κ1) is 18.7. The normalized spacial score (nSPS) is 11.6. The smallest absolute Gasteiger partial charge is 0.279 e. The molecule has 0 fully saturated rings. The number of anilines is 1. The zero-order chi connectivity index (χ0) is 19.1. The van der Waals surface area contributed by atoms with Crippen LogP contribution in [0.4, 0.5) is 5.69 Å². The van der Waals surface area contributed by atoms with Crippen molar-refractivity contribution < 1.29 is 14.8 Å². The van der Waals surface area contributed by atoms with Gasteiger partial charge in [0.15, 0.2) is 6.54 Å². The van der Waals surface area contributed by atoms with Crippen LogP contribution in [-0.2, 0) is 4.79 Å². The van der Waals surface area contributed by atoms with Gasteiger partial charge < -0.3 is 15.4 Å². The van der Waals surface area contributed by atoms with Crippen molar-refractivity contribution in [3.63, 3.8) is 0 Å². The molecule has 27 heavy (non-hydrogen) atoms. The summed E-state index contributed by atoms with van der Waals surface area (Å²) in [6.07, 6.45) is 0. The fourth-order valence-corrected chi connectivity index (χ4v) is 3.07. The van der Waals surface area contributed by atoms with Gasteiger partial charge in [0.1, 0.15) is 11.8 Å². The number of nitrogens with two attached hydrogens (primary N) is 1. The first-order chi connectivity index (χ1) is 13.2. The number of hydrogen-bond donors (Lipinski definition) is 2. The number of amides is 1. The SMILES string of the molecule is COc1ccccc1NC(=O)C[NH2+][C@H](c1ccccc1)c1ccc(C)cc1. The van der Waals surface area contributed by atoms with E-state index in [-0.39, 0.29) is 11.9 Å². The average Bonchev–Trinajstić information content (AvgIpc) is 2.70. The molecule has 3 aromatic carbocycles. The molecule has 138 valence electrons. The van der Waals surface area contributed by atoms with E-state index in [2.05, 4.69) is 54.0 Å². The van der Waals surface area contributed by atoms with Gasteiger partial charge in [-0.15, -0.1) is 0 Å². The van der Waals surface area contributed by atoms with Crippen LogP contribution in [0.1, 0.15) is 22.7 Å². The van der Waals surface area contributed by atoms with Crippen molar-refractivity contribution in [2.45, 2.75) is 13.0 Å². The van der Waals surface area contributed by atoms with Gasteiger partial charge in [0.25, 0.3) is 5.91 Å². The summed E-state index contributed by atoms with van der Waals surface area (Å²) < 4.78 is 5.30. The maximum Gasteiger partial charge on any atom is 0.279 e. The predicted molar refractivity (Wildman–Crippen MR) is 108 cm³/mol. The van der Waals surface area contributed by atoms with Crippen LogP contribution in [0, 0.1) is 6.92 Å². The summed E-state index contributed by atoms with van der Waals surface area (Å²) >= 11 is 0. The molecule has 4 heteroatoms. The quantitative estimate of drug-likeness (QED) is 0.678. The summed E-state index contributed by atoms with van der Waals surface area (Å²) in [6, 6.07) is 26.2. The van der Waals surface area contributed by atoms with Gasteiger partial charge in [-0.05, 0) is 19.1 Å². The molecule has 3 aromatic rings. The molecule has 0 heterocycles. The molecule has 0 radical (unpaired) electrons. The third-order valence-corrected chi connectivity index (χ3v) is 4.52. The highest BCUT2D eigenvalue weighted by molar-refractivity contribution is 5.92. The second-order valence-electron chi connectivity index (χ2n) is 6.49. The van der Waals surface area contributed by atoms with Gasteiger partial charge in [-0.2, -0.15) is 0 Å². The number of nitrogens with one attached hydrogen (secondary N) is 1. The van der Waals surface area contributed by atoms with E-state index in [4.69, 9.17) is 4.74 Å². The number of methoxy groups -OCH3 is 1. The number of rotatable bonds is 7. The van der Waals surface area contributed by atoms with Crippen LogP contribution in [0.25, 0.3) is 0 Å². The minimum absolute atomic E-state index is 0.0625. The van der Waals surface area contributed by atoms with Crippen LogP contribution < -0.4 is 15.4 Å². The number of carbonyl (C=O) groups excluding carboxylic acids is 1. The Bertz CT molecular complexity index is 876. The Hall–Kier alpha value is -3.11. The maximum atomic E-state index is 12.5. The Balaban J connectivity index is 1.73. The molecule has 0 saturated carbocycles. The molecule has 0 unspecified atom stereocenters. The van der Waals surface area contributed by atoms with Crippen molar-refractivity contribution in [3.8, 4) is 5.75 Å². The largest absolute Gasteiger partial charge is 0.495 e. The van der Waals surface area contributed by atoms with Crippen LogP contribution in [-0.4, -0.2) is 19.6 Å². The van der Waals surface area contributed by atoms with E-state index in [9.17, 15) is 4.79 Å². The van der Waals surface area contributed by atoms with Crippen LogP contribution >= 0.6 is 0 Å². The number of para-hydroxylation sites is 2. The molecule has 1 atom stereocenters. The number of carbonyl (C=O) groups is 1. The van der Waals surface area contributed by atoms with Crippen molar-refractivity contribution in [3.05, 3.63) is 95.6 Å². The summed E-state index contributed by atoms with van der Waals surface area (Å²) in [7, 11) is 1.60. The van der Waals surface area contributed by atoms with Crippen molar-refractivity contribution in [2.24, 2.45) is 0 Å². The monoisotopic (exact) mass is 361 g/mol. The molecule has 0 aliphatic heterocycles. The zero-order valence-electron chi connectivity index (χ0n) is 15.7. The molecule has 0 aliphatic carbocycles. The Labute approximate surface area is 160 Å². The second kappa shape index (κ2) is 9.01. The first-order valence-electron chi connectivity index (χ1n) is 9.05. The van der Waals surface area contributed by atoms with Crippen molar-refractivity contribution in [1.29, 1.82) is 0 Å². The third kappa shape index (κ3) is 4.96. The summed E-state index contributed by atoms with van der Waals surface area (Å²) in [5.74, 6) is 0.594. The summed E-state index contributed by atoms with van der Waals surface area (Å²) in [6.45, 7) is 2.39. The molecule has 0 spiro atoms. The standard InChI is InChI=1S/C23H24N2O2/c1-17-12-14-19(15-13-17)23(18-8-4-3-5-9-18)24-16-22(26)25-20-10-6-7-11-21(20)27-2/h3-15,23-24H,16H2,1-2H3,(H,25,26)/p+1/t23-/m1/s1. The van der Waals surface area contributed by atoms with E-state index in [1.54, 1.807) is 7.11 Å². The lowest BCUT2D eigenvalue weighted by molar-refractivity contribution is -0.676. The number of aryl methyl sites for hydroxylation is 1. The van der Waals surface area contributed by atoms with Gasteiger partial charge in [0.2, 0.25) is 0 Å². The van der Waals surface area contributed by atoms with Gasteiger partial charge in [0, 0.05) is 11.1 Å². The number of ether oxygens (including phenoxy) is 1. The van der Waals surface area contributed by atoms with E-state index in [1.807, 2.05) is 42.5 Å². The van der Waals surface area contributed by atoms with Gasteiger partial charge in [-0.25, -0.2) is 0 Å². The molecule has 0 saturated heterocycles. The number of hydrogen-bond acceptors (Lipinski definition) is 2. The lowest BCUT2D eigenvalue weighted by Crippen LogP contribution is -2.87. The molecule has 1 amide bonds. The Morgan fingerprint density at radius 2 is 1.56 bits per heavy atom. The zero-order valence-corrected chi connectivity index (χ0v) is 15.7. The summed E-state index contributed by atoms with van der Waals surface area (Å²) in [4.78, 5) is 12.5. The highest BCUT2D eigenvalue weighted by atomic mass is 16.5. The highest BCUT2D eigenvalue weighted by Crippen LogP contribution is 2.23. The topological polar surface area (TPSA) is 54.9 Å². The molecule has 3 rings (SSSR count). The molecule has 3 N–H and O–H groups in total. The molecular formula is C23H25N2O2+. The summed E-state index contributed by atoms with van der Waals surface area (Å²) in [5, 5.41) is 4.99. The third-order valence-electron chi connectivity index (χ3n) is 4.52. The average molecular weight is 361 g/mol. The Morgan fingerprint density at radius 1 is 0.926 bits per heavy atom. The molecule has 0 bridgehead atoms. The van der Waals surface area contributed by atoms with Gasteiger partial charge in [0.05, 0.1) is 12.8 Å². The van der Waals surface area contributed by atoms with E-state index >= 15 is 0 Å². The van der Waals surface area contributed by atoms with Crippen molar-refractivity contribution >= 4 is 11.6 Å². The molecular weight excluding hydrogens is 336 g/mol. The fraction of sp³-hybridized carbons (Fsp3) is 0.174. The van der Waals surface area contributed by atoms with Gasteiger partial charge in [-0.1, -0.05) is 72.3 Å². The minimum atomic E-state index is -0.0625. The van der Waals surface area contributed by atoms with E-state index in [1.165, 1.54) is 16.7 Å². The summed E-state index contributed by atoms with van der Waals surface area (Å²) in [5.41, 5.74) is 4.26. The van der Waals surface area contributed by atoms with E-state index < -0.39 is 0 Å².